The molecule has 0 fully saturated rings. The molecular formula is C12H22N6O2. The topological polar surface area (TPSA) is 135 Å². The monoisotopic (exact) mass is 282 g/mol. The number of unbranched alkanes of at least 4 members (excludes halogenated alkanes) is 7. The Hall–Kier alpha value is -1.91. The van der Waals surface area contributed by atoms with Gasteiger partial charge in [0.25, 0.3) is 0 Å². The van der Waals surface area contributed by atoms with Gasteiger partial charge in [-0.25, -0.2) is 0 Å². The zero-order chi connectivity index (χ0) is 15.1. The normalized spacial score (nSPS) is 11.2. The molecule has 1 N–H and O–H groups in total. The summed E-state index contributed by atoms with van der Waals surface area (Å²) in [6.07, 6.45) is 8.64. The SMILES string of the molecule is [N-]=[N+]=NCCCCCCCCCCC(N=[N+]=[N-])C(=O)O. The lowest BCUT2D eigenvalue weighted by Gasteiger charge is -2.05. The molecule has 0 aliphatic rings. The molecule has 0 radical (unpaired) electrons. The number of hydrogen-bond acceptors (Lipinski definition) is 3. The highest BCUT2D eigenvalue weighted by atomic mass is 16.4. The Bertz CT molecular complexity index is 359. The first-order valence-electron chi connectivity index (χ1n) is 7.00. The first kappa shape index (κ1) is 18.1. The predicted octanol–water partition coefficient (Wildman–Crippen LogP) is 4.57. The van der Waals surface area contributed by atoms with Gasteiger partial charge in [-0.1, -0.05) is 55.2 Å². The van der Waals surface area contributed by atoms with Crippen LogP contribution in [0, 0.1) is 0 Å². The Labute approximate surface area is 118 Å². The van der Waals surface area contributed by atoms with Crippen molar-refractivity contribution in [1.82, 2.24) is 0 Å². The van der Waals surface area contributed by atoms with E-state index in [0.717, 1.165) is 51.4 Å². The molecule has 0 rings (SSSR count). The summed E-state index contributed by atoms with van der Waals surface area (Å²) in [5, 5.41) is 15.5. The Morgan fingerprint density at radius 3 is 2.00 bits per heavy atom. The summed E-state index contributed by atoms with van der Waals surface area (Å²) < 4.78 is 0. The van der Waals surface area contributed by atoms with E-state index in [2.05, 4.69) is 20.1 Å². The highest BCUT2D eigenvalue weighted by Crippen LogP contribution is 2.12. The van der Waals surface area contributed by atoms with Crippen LogP contribution in [0.1, 0.15) is 57.8 Å². The molecule has 0 saturated carbocycles. The summed E-state index contributed by atoms with van der Waals surface area (Å²) >= 11 is 0. The number of azide groups is 2. The van der Waals surface area contributed by atoms with Crippen molar-refractivity contribution in [3.63, 3.8) is 0 Å². The summed E-state index contributed by atoms with van der Waals surface area (Å²) in [4.78, 5) is 15.9. The number of carboxylic acid groups (broad SMARTS) is 1. The van der Waals surface area contributed by atoms with Crippen LogP contribution in [0.15, 0.2) is 10.2 Å². The average Bonchev–Trinajstić information content (AvgIpc) is 2.43. The Morgan fingerprint density at radius 2 is 1.50 bits per heavy atom. The van der Waals surface area contributed by atoms with Crippen molar-refractivity contribution >= 4 is 5.97 Å². The zero-order valence-corrected chi connectivity index (χ0v) is 11.7. The number of rotatable bonds is 13. The molecule has 0 amide bonds. The number of nitrogens with zero attached hydrogens (tertiary/aromatic N) is 6. The van der Waals surface area contributed by atoms with Gasteiger partial charge in [-0.2, -0.15) is 0 Å². The molecule has 1 atom stereocenters. The van der Waals surface area contributed by atoms with Gasteiger partial charge in [0.1, 0.15) is 6.04 Å². The van der Waals surface area contributed by atoms with E-state index in [1.807, 2.05) is 0 Å². The van der Waals surface area contributed by atoms with Crippen molar-refractivity contribution in [2.45, 2.75) is 63.8 Å². The molecule has 0 spiro atoms. The van der Waals surface area contributed by atoms with E-state index in [9.17, 15) is 4.79 Å². The summed E-state index contributed by atoms with van der Waals surface area (Å²) in [7, 11) is 0. The molecule has 0 heterocycles. The highest BCUT2D eigenvalue weighted by Gasteiger charge is 2.14. The molecule has 20 heavy (non-hydrogen) atoms. The lowest BCUT2D eigenvalue weighted by molar-refractivity contribution is -0.138. The molecule has 1 unspecified atom stereocenters. The van der Waals surface area contributed by atoms with E-state index in [1.54, 1.807) is 0 Å². The second-order valence-corrected chi connectivity index (χ2v) is 4.63. The second kappa shape index (κ2) is 13.5. The maximum Gasteiger partial charge on any atom is 0.312 e. The zero-order valence-electron chi connectivity index (χ0n) is 11.7. The van der Waals surface area contributed by atoms with Crippen LogP contribution < -0.4 is 0 Å². The van der Waals surface area contributed by atoms with Crippen LogP contribution in [0.25, 0.3) is 20.9 Å². The van der Waals surface area contributed by atoms with E-state index in [0.29, 0.717) is 13.0 Å². The quantitative estimate of drug-likeness (QED) is 0.229. The first-order chi connectivity index (χ1) is 9.72. The van der Waals surface area contributed by atoms with Crippen LogP contribution in [0.5, 0.6) is 0 Å². The Morgan fingerprint density at radius 1 is 0.950 bits per heavy atom. The van der Waals surface area contributed by atoms with Gasteiger partial charge in [0, 0.05) is 16.4 Å². The summed E-state index contributed by atoms with van der Waals surface area (Å²) in [6.45, 7) is 0.576. The van der Waals surface area contributed by atoms with Crippen LogP contribution >= 0.6 is 0 Å². The third kappa shape index (κ3) is 11.2. The number of carbonyl (C=O) groups is 1. The molecule has 0 aromatic carbocycles. The number of hydrogen-bond donors (Lipinski definition) is 1. The van der Waals surface area contributed by atoms with E-state index in [1.165, 1.54) is 0 Å². The van der Waals surface area contributed by atoms with Gasteiger partial charge in [-0.15, -0.1) is 0 Å². The fourth-order valence-electron chi connectivity index (χ4n) is 1.92. The molecule has 0 bridgehead atoms. The predicted molar refractivity (Wildman–Crippen MR) is 76.1 cm³/mol. The maximum atomic E-state index is 10.7. The number of carboxylic acids is 1. The third-order valence-corrected chi connectivity index (χ3v) is 3.03. The van der Waals surface area contributed by atoms with Gasteiger partial charge in [0.05, 0.1) is 0 Å². The first-order valence-corrected chi connectivity index (χ1v) is 7.00. The van der Waals surface area contributed by atoms with Crippen molar-refractivity contribution in [2.24, 2.45) is 10.2 Å². The minimum Gasteiger partial charge on any atom is -0.481 e. The molecule has 0 saturated heterocycles. The van der Waals surface area contributed by atoms with Crippen molar-refractivity contribution in [1.29, 1.82) is 0 Å². The molecule has 8 nitrogen and oxygen atoms in total. The highest BCUT2D eigenvalue weighted by molar-refractivity contribution is 5.73. The molecule has 0 aliphatic carbocycles. The minimum atomic E-state index is -1.05. The van der Waals surface area contributed by atoms with E-state index < -0.39 is 12.0 Å². The van der Waals surface area contributed by atoms with Crippen molar-refractivity contribution in [3.05, 3.63) is 20.9 Å². The van der Waals surface area contributed by atoms with Crippen LogP contribution in [-0.4, -0.2) is 23.7 Å². The van der Waals surface area contributed by atoms with Crippen molar-refractivity contribution in [2.75, 3.05) is 6.54 Å². The lowest BCUT2D eigenvalue weighted by Crippen LogP contribution is -2.16. The Balaban J connectivity index is 3.37. The number of aliphatic carboxylic acids is 1. The van der Waals surface area contributed by atoms with Crippen molar-refractivity contribution in [3.8, 4) is 0 Å². The minimum absolute atomic E-state index is 0.408. The summed E-state index contributed by atoms with van der Waals surface area (Å²) in [6, 6.07) is -0.930. The van der Waals surface area contributed by atoms with E-state index in [-0.39, 0.29) is 0 Å². The van der Waals surface area contributed by atoms with Gasteiger partial charge in [-0.3, -0.25) is 4.79 Å². The molecule has 0 aromatic rings. The molecule has 0 aliphatic heterocycles. The smallest absolute Gasteiger partial charge is 0.312 e. The summed E-state index contributed by atoms with van der Waals surface area (Å²) in [5.41, 5.74) is 16.3. The lowest BCUT2D eigenvalue weighted by atomic mass is 10.0. The van der Waals surface area contributed by atoms with Gasteiger partial charge < -0.3 is 5.11 Å². The molecule has 0 aromatic heterocycles. The van der Waals surface area contributed by atoms with Gasteiger partial charge in [0.2, 0.25) is 0 Å². The van der Waals surface area contributed by atoms with Gasteiger partial charge in [0.15, 0.2) is 0 Å². The second-order valence-electron chi connectivity index (χ2n) is 4.63. The fourth-order valence-corrected chi connectivity index (χ4v) is 1.92. The van der Waals surface area contributed by atoms with Crippen LogP contribution in [0.3, 0.4) is 0 Å². The standard InChI is InChI=1S/C12H22N6O2/c13-17-15-10-8-6-4-2-1-3-5-7-9-11(12(19)20)16-18-14/h11H,1-10H2,(H,19,20). The summed E-state index contributed by atoms with van der Waals surface area (Å²) in [5.74, 6) is -1.05. The molecule has 112 valence electrons. The van der Waals surface area contributed by atoms with E-state index >= 15 is 0 Å². The van der Waals surface area contributed by atoms with Gasteiger partial charge in [-0.05, 0) is 23.9 Å². The van der Waals surface area contributed by atoms with E-state index in [4.69, 9.17) is 16.2 Å². The van der Waals surface area contributed by atoms with Gasteiger partial charge >= 0.3 is 5.97 Å². The maximum absolute atomic E-state index is 10.7. The largest absolute Gasteiger partial charge is 0.481 e. The van der Waals surface area contributed by atoms with Crippen LogP contribution in [0.2, 0.25) is 0 Å². The van der Waals surface area contributed by atoms with Crippen LogP contribution in [0.4, 0.5) is 0 Å². The Kier molecular flexibility index (Phi) is 12.2. The third-order valence-electron chi connectivity index (χ3n) is 3.03. The van der Waals surface area contributed by atoms with Crippen LogP contribution in [-0.2, 0) is 4.79 Å². The molecular weight excluding hydrogens is 260 g/mol. The fraction of sp³-hybridized carbons (Fsp3) is 0.917. The molecule has 8 heteroatoms. The van der Waals surface area contributed by atoms with Crippen molar-refractivity contribution < 1.29 is 9.90 Å². The average molecular weight is 282 g/mol.